The Labute approximate surface area is 172 Å². The molecule has 0 aliphatic heterocycles. The second-order valence-corrected chi connectivity index (χ2v) is 7.50. The lowest BCUT2D eigenvalue weighted by Crippen LogP contribution is -2.48. The molecule has 0 saturated carbocycles. The van der Waals surface area contributed by atoms with Gasteiger partial charge in [-0.25, -0.2) is 0 Å². The quantitative estimate of drug-likeness (QED) is 0.629. The van der Waals surface area contributed by atoms with Gasteiger partial charge in [-0.1, -0.05) is 73.0 Å². The second kappa shape index (κ2) is 10.9. The van der Waals surface area contributed by atoms with Gasteiger partial charge in [0.05, 0.1) is 6.42 Å². The number of benzene rings is 2. The van der Waals surface area contributed by atoms with E-state index in [9.17, 15) is 9.59 Å². The number of aryl methyl sites for hydroxylation is 1. The van der Waals surface area contributed by atoms with E-state index in [1.807, 2.05) is 49.4 Å². The van der Waals surface area contributed by atoms with E-state index in [1.165, 1.54) is 0 Å². The van der Waals surface area contributed by atoms with Gasteiger partial charge >= 0.3 is 0 Å². The molecule has 2 amide bonds. The van der Waals surface area contributed by atoms with Gasteiger partial charge < -0.3 is 10.2 Å². The molecule has 1 N–H and O–H groups in total. The first-order valence-electron chi connectivity index (χ1n) is 9.78. The van der Waals surface area contributed by atoms with Crippen molar-refractivity contribution in [3.8, 4) is 0 Å². The zero-order chi connectivity index (χ0) is 20.5. The van der Waals surface area contributed by atoms with Gasteiger partial charge in [0.15, 0.2) is 0 Å². The van der Waals surface area contributed by atoms with Crippen molar-refractivity contribution >= 4 is 23.4 Å². The Morgan fingerprint density at radius 1 is 1.11 bits per heavy atom. The van der Waals surface area contributed by atoms with Gasteiger partial charge in [-0.2, -0.15) is 0 Å². The highest BCUT2D eigenvalue weighted by Crippen LogP contribution is 2.19. The minimum absolute atomic E-state index is 0.0954. The summed E-state index contributed by atoms with van der Waals surface area (Å²) in [5, 5.41) is 3.52. The highest BCUT2D eigenvalue weighted by Gasteiger charge is 2.26. The number of carbonyl (C=O) groups is 2. The fourth-order valence-corrected chi connectivity index (χ4v) is 3.11. The van der Waals surface area contributed by atoms with E-state index in [0.29, 0.717) is 18.1 Å². The molecular weight excluding hydrogens is 372 g/mol. The van der Waals surface area contributed by atoms with Gasteiger partial charge in [-0.05, 0) is 37.5 Å². The Hall–Kier alpha value is -2.33. The van der Waals surface area contributed by atoms with Crippen molar-refractivity contribution < 1.29 is 9.59 Å². The molecule has 0 bridgehead atoms. The van der Waals surface area contributed by atoms with E-state index in [1.54, 1.807) is 17.9 Å². The fraction of sp³-hybridized carbons (Fsp3) is 0.391. The Balaban J connectivity index is 2.19. The number of carbonyl (C=O) groups excluding carboxylic acids is 2. The summed E-state index contributed by atoms with van der Waals surface area (Å²) in [6.07, 6.45) is 2.17. The summed E-state index contributed by atoms with van der Waals surface area (Å²) in [6, 6.07) is 14.7. The number of rotatable bonds is 9. The summed E-state index contributed by atoms with van der Waals surface area (Å²) >= 11 is 6.30. The first kappa shape index (κ1) is 22.0. The van der Waals surface area contributed by atoms with E-state index in [0.717, 1.165) is 29.5 Å². The predicted molar refractivity (Wildman–Crippen MR) is 114 cm³/mol. The molecule has 150 valence electrons. The standard InChI is InChI=1S/C23H29ClN2O2/c1-4-5-14-25-23(28)18(3)26(16-20-8-6-7-9-21(20)24)22(27)15-19-12-10-17(2)11-13-19/h6-13,18H,4-5,14-16H2,1-3H3,(H,25,28)/t18-/m0/s1. The van der Waals surface area contributed by atoms with Crippen LogP contribution in [0.5, 0.6) is 0 Å². The zero-order valence-corrected chi connectivity index (χ0v) is 17.6. The average Bonchev–Trinajstić information content (AvgIpc) is 2.68. The molecule has 0 aromatic heterocycles. The molecule has 28 heavy (non-hydrogen) atoms. The summed E-state index contributed by atoms with van der Waals surface area (Å²) in [6.45, 7) is 6.77. The first-order chi connectivity index (χ1) is 13.4. The topological polar surface area (TPSA) is 49.4 Å². The molecular formula is C23H29ClN2O2. The first-order valence-corrected chi connectivity index (χ1v) is 10.2. The van der Waals surface area contributed by atoms with Gasteiger partial charge in [0.25, 0.3) is 0 Å². The van der Waals surface area contributed by atoms with Crippen LogP contribution in [0.25, 0.3) is 0 Å². The lowest BCUT2D eigenvalue weighted by atomic mass is 10.1. The van der Waals surface area contributed by atoms with Crippen LogP contribution in [0.1, 0.15) is 43.4 Å². The van der Waals surface area contributed by atoms with Crippen molar-refractivity contribution in [2.75, 3.05) is 6.54 Å². The summed E-state index contributed by atoms with van der Waals surface area (Å²) in [7, 11) is 0. The molecule has 0 aliphatic rings. The van der Waals surface area contributed by atoms with Crippen LogP contribution in [-0.4, -0.2) is 29.3 Å². The van der Waals surface area contributed by atoms with Crippen LogP contribution >= 0.6 is 11.6 Å². The monoisotopic (exact) mass is 400 g/mol. The summed E-state index contributed by atoms with van der Waals surface area (Å²) in [4.78, 5) is 27.3. The molecule has 2 aromatic rings. The number of hydrogen-bond donors (Lipinski definition) is 1. The minimum atomic E-state index is -0.578. The van der Waals surface area contributed by atoms with Crippen molar-refractivity contribution in [1.82, 2.24) is 10.2 Å². The fourth-order valence-electron chi connectivity index (χ4n) is 2.91. The lowest BCUT2D eigenvalue weighted by Gasteiger charge is -2.29. The number of nitrogens with zero attached hydrogens (tertiary/aromatic N) is 1. The Bertz CT molecular complexity index is 789. The van der Waals surface area contributed by atoms with Gasteiger partial charge in [0.2, 0.25) is 11.8 Å². The van der Waals surface area contributed by atoms with Crippen molar-refractivity contribution in [1.29, 1.82) is 0 Å². The smallest absolute Gasteiger partial charge is 0.242 e. The molecule has 0 fully saturated rings. The highest BCUT2D eigenvalue weighted by molar-refractivity contribution is 6.31. The van der Waals surface area contributed by atoms with Crippen LogP contribution in [-0.2, 0) is 22.6 Å². The summed E-state index contributed by atoms with van der Waals surface area (Å²) in [5.74, 6) is -0.236. The lowest BCUT2D eigenvalue weighted by molar-refractivity contribution is -0.140. The number of nitrogens with one attached hydrogen (secondary N) is 1. The van der Waals surface area contributed by atoms with E-state index in [4.69, 9.17) is 11.6 Å². The van der Waals surface area contributed by atoms with Gasteiger partial charge in [0, 0.05) is 18.1 Å². The molecule has 5 heteroatoms. The number of halogens is 1. The maximum absolute atomic E-state index is 13.1. The van der Waals surface area contributed by atoms with Crippen molar-refractivity contribution in [2.24, 2.45) is 0 Å². The Morgan fingerprint density at radius 3 is 2.43 bits per heavy atom. The van der Waals surface area contributed by atoms with Crippen LogP contribution in [0.2, 0.25) is 5.02 Å². The van der Waals surface area contributed by atoms with Gasteiger partial charge in [-0.3, -0.25) is 9.59 Å². The van der Waals surface area contributed by atoms with Crippen LogP contribution in [0.3, 0.4) is 0 Å². The summed E-state index contributed by atoms with van der Waals surface area (Å²) in [5.41, 5.74) is 2.90. The van der Waals surface area contributed by atoms with E-state index >= 15 is 0 Å². The third-order valence-corrected chi connectivity index (χ3v) is 5.14. The molecule has 4 nitrogen and oxygen atoms in total. The summed E-state index contributed by atoms with van der Waals surface area (Å²) < 4.78 is 0. The average molecular weight is 401 g/mol. The van der Waals surface area contributed by atoms with Crippen LogP contribution in [0.4, 0.5) is 0 Å². The Kier molecular flexibility index (Phi) is 8.52. The number of hydrogen-bond acceptors (Lipinski definition) is 2. The van der Waals surface area contributed by atoms with Crippen LogP contribution in [0, 0.1) is 6.92 Å². The van der Waals surface area contributed by atoms with Gasteiger partial charge in [-0.15, -0.1) is 0 Å². The molecule has 0 aliphatic carbocycles. The second-order valence-electron chi connectivity index (χ2n) is 7.10. The molecule has 1 atom stereocenters. The van der Waals surface area contributed by atoms with E-state index in [-0.39, 0.29) is 18.2 Å². The van der Waals surface area contributed by atoms with Crippen LogP contribution < -0.4 is 5.32 Å². The zero-order valence-electron chi connectivity index (χ0n) is 16.9. The van der Waals surface area contributed by atoms with Crippen LogP contribution in [0.15, 0.2) is 48.5 Å². The molecule has 2 rings (SSSR count). The maximum Gasteiger partial charge on any atom is 0.242 e. The molecule has 0 saturated heterocycles. The van der Waals surface area contributed by atoms with E-state index in [2.05, 4.69) is 12.2 Å². The third kappa shape index (κ3) is 6.38. The van der Waals surface area contributed by atoms with E-state index < -0.39 is 6.04 Å². The van der Waals surface area contributed by atoms with Crippen molar-refractivity contribution in [3.05, 3.63) is 70.2 Å². The molecule has 2 aromatic carbocycles. The predicted octanol–water partition coefficient (Wildman–Crippen LogP) is 4.52. The molecule has 0 heterocycles. The molecule has 0 radical (unpaired) electrons. The largest absolute Gasteiger partial charge is 0.354 e. The molecule has 0 unspecified atom stereocenters. The highest BCUT2D eigenvalue weighted by atomic mass is 35.5. The Morgan fingerprint density at radius 2 is 1.79 bits per heavy atom. The normalized spacial score (nSPS) is 11.7. The van der Waals surface area contributed by atoms with Crippen molar-refractivity contribution in [3.63, 3.8) is 0 Å². The SMILES string of the molecule is CCCCNC(=O)[C@H](C)N(Cc1ccccc1Cl)C(=O)Cc1ccc(C)cc1. The minimum Gasteiger partial charge on any atom is -0.354 e. The maximum atomic E-state index is 13.1. The number of amides is 2. The van der Waals surface area contributed by atoms with Crippen molar-refractivity contribution in [2.45, 2.75) is 52.6 Å². The van der Waals surface area contributed by atoms with Gasteiger partial charge in [0.1, 0.15) is 6.04 Å². The third-order valence-electron chi connectivity index (χ3n) is 4.77. The number of unbranched alkanes of at least 4 members (excludes halogenated alkanes) is 1. The molecule has 0 spiro atoms.